The molecular weight excluding hydrogens is 351 g/mol. The Morgan fingerprint density at radius 1 is 1.17 bits per heavy atom. The summed E-state index contributed by atoms with van der Waals surface area (Å²) in [7, 11) is 0. The minimum Gasteiger partial charge on any atom is -0.359 e. The van der Waals surface area contributed by atoms with Gasteiger partial charge in [0.1, 0.15) is 0 Å². The normalized spacial score (nSPS) is 17.1. The molecule has 2 aromatic rings. The molecule has 6 heteroatoms. The lowest BCUT2D eigenvalue weighted by Crippen LogP contribution is -2.39. The molecule has 23 heavy (non-hydrogen) atoms. The predicted octanol–water partition coefficient (Wildman–Crippen LogP) is 4.73. The summed E-state index contributed by atoms with van der Waals surface area (Å²) in [6, 6.07) is 14.9. The van der Waals surface area contributed by atoms with Crippen LogP contribution in [0.2, 0.25) is 10.0 Å². The molecule has 1 unspecified atom stereocenters. The van der Waals surface area contributed by atoms with Gasteiger partial charge in [-0.15, -0.1) is 0 Å². The number of hydrogen-bond acceptors (Lipinski definition) is 3. The predicted molar refractivity (Wildman–Crippen MR) is 97.5 cm³/mol. The van der Waals surface area contributed by atoms with Crippen LogP contribution in [0.4, 0.5) is 0 Å². The van der Waals surface area contributed by atoms with Gasteiger partial charge in [0.25, 0.3) is 5.91 Å². The summed E-state index contributed by atoms with van der Waals surface area (Å²) in [5.41, 5.74) is 2.34. The van der Waals surface area contributed by atoms with E-state index in [2.05, 4.69) is 10.6 Å². The average molecular weight is 365 g/mol. The molecule has 3 rings (SSSR count). The molecule has 2 N–H and O–H groups in total. The van der Waals surface area contributed by atoms with Crippen LogP contribution in [-0.2, 0) is 0 Å². The Morgan fingerprint density at radius 3 is 2.61 bits per heavy atom. The number of halogens is 2. The van der Waals surface area contributed by atoms with Crippen molar-refractivity contribution in [1.82, 2.24) is 10.6 Å². The quantitative estimate of drug-likeness (QED) is 0.826. The first-order valence-electron chi connectivity index (χ1n) is 7.00. The molecule has 118 valence electrons. The number of nitrogens with one attached hydrogen (secondary N) is 2. The number of rotatable bonds is 3. The van der Waals surface area contributed by atoms with Crippen LogP contribution >= 0.6 is 35.0 Å². The van der Waals surface area contributed by atoms with Crippen LogP contribution in [0.3, 0.4) is 0 Å². The van der Waals surface area contributed by atoms with Gasteiger partial charge >= 0.3 is 0 Å². The molecule has 0 aliphatic carbocycles. The van der Waals surface area contributed by atoms with Crippen molar-refractivity contribution in [3.63, 3.8) is 0 Å². The number of carbonyl (C=O) groups excluding carboxylic acids is 1. The fraction of sp³-hybridized carbons (Fsp3) is 0.118. The molecule has 0 saturated carbocycles. The lowest BCUT2D eigenvalue weighted by atomic mass is 10.2. The van der Waals surface area contributed by atoms with Crippen LogP contribution in [0.25, 0.3) is 4.91 Å². The van der Waals surface area contributed by atoms with Crippen LogP contribution in [-0.4, -0.2) is 11.4 Å². The lowest BCUT2D eigenvalue weighted by molar-refractivity contribution is 0.0947. The fourth-order valence-corrected chi connectivity index (χ4v) is 3.95. The van der Waals surface area contributed by atoms with Crippen molar-refractivity contribution in [3.8, 4) is 0 Å². The molecule has 0 spiro atoms. The van der Waals surface area contributed by atoms with E-state index in [1.54, 1.807) is 30.0 Å². The first-order valence-corrected chi connectivity index (χ1v) is 8.63. The van der Waals surface area contributed by atoms with Crippen molar-refractivity contribution in [2.24, 2.45) is 0 Å². The SMILES string of the molecule is CC1=C(c2ccccc2)SC(NC(=O)c2ccc(Cl)cc2Cl)N1. The molecule has 1 aliphatic rings. The number of carbonyl (C=O) groups is 1. The molecule has 0 saturated heterocycles. The van der Waals surface area contributed by atoms with E-state index < -0.39 is 0 Å². The molecular formula is C17H14Cl2N2OS. The van der Waals surface area contributed by atoms with E-state index in [1.165, 1.54) is 0 Å². The Balaban J connectivity index is 1.70. The third-order valence-corrected chi connectivity index (χ3v) is 5.19. The number of allylic oxidation sites excluding steroid dienone is 1. The molecule has 1 heterocycles. The minimum atomic E-state index is -0.237. The van der Waals surface area contributed by atoms with Crippen LogP contribution in [0, 0.1) is 0 Å². The topological polar surface area (TPSA) is 41.1 Å². The Morgan fingerprint density at radius 2 is 1.91 bits per heavy atom. The second-order valence-corrected chi connectivity index (χ2v) is 7.02. The van der Waals surface area contributed by atoms with Gasteiger partial charge in [0.05, 0.1) is 10.6 Å². The van der Waals surface area contributed by atoms with E-state index in [4.69, 9.17) is 23.2 Å². The van der Waals surface area contributed by atoms with E-state index in [0.29, 0.717) is 15.6 Å². The summed E-state index contributed by atoms with van der Waals surface area (Å²) in [4.78, 5) is 13.5. The average Bonchev–Trinajstić information content (AvgIpc) is 2.88. The smallest absolute Gasteiger partial charge is 0.255 e. The molecule has 0 aromatic heterocycles. The third kappa shape index (κ3) is 3.66. The van der Waals surface area contributed by atoms with E-state index in [9.17, 15) is 4.79 Å². The third-order valence-electron chi connectivity index (χ3n) is 3.40. The molecule has 2 aromatic carbocycles. The summed E-state index contributed by atoms with van der Waals surface area (Å²) in [5, 5.41) is 7.05. The van der Waals surface area contributed by atoms with Gasteiger partial charge in [-0.2, -0.15) is 0 Å². The zero-order chi connectivity index (χ0) is 16.4. The van der Waals surface area contributed by atoms with Gasteiger partial charge in [-0.3, -0.25) is 4.79 Å². The van der Waals surface area contributed by atoms with E-state index in [-0.39, 0.29) is 11.4 Å². The zero-order valence-electron chi connectivity index (χ0n) is 12.3. The molecule has 0 bridgehead atoms. The monoisotopic (exact) mass is 364 g/mol. The molecule has 1 amide bonds. The summed E-state index contributed by atoms with van der Waals surface area (Å²) in [5.74, 6) is -0.237. The van der Waals surface area contributed by atoms with Crippen LogP contribution in [0.5, 0.6) is 0 Å². The van der Waals surface area contributed by atoms with Crippen LogP contribution in [0.1, 0.15) is 22.8 Å². The van der Waals surface area contributed by atoms with Gasteiger partial charge < -0.3 is 10.6 Å². The zero-order valence-corrected chi connectivity index (χ0v) is 14.6. The molecule has 1 aliphatic heterocycles. The Kier molecular flexibility index (Phi) is 4.85. The minimum absolute atomic E-state index is 0.232. The highest BCUT2D eigenvalue weighted by atomic mass is 35.5. The number of hydrogen-bond donors (Lipinski definition) is 2. The highest BCUT2D eigenvalue weighted by molar-refractivity contribution is 8.09. The highest BCUT2D eigenvalue weighted by Crippen LogP contribution is 2.37. The van der Waals surface area contributed by atoms with Crippen molar-refractivity contribution in [1.29, 1.82) is 0 Å². The molecule has 0 radical (unpaired) electrons. The van der Waals surface area contributed by atoms with Crippen LogP contribution < -0.4 is 10.6 Å². The first-order chi connectivity index (χ1) is 11.0. The maximum atomic E-state index is 12.4. The van der Waals surface area contributed by atoms with Gasteiger partial charge in [0.2, 0.25) is 0 Å². The van der Waals surface area contributed by atoms with Crippen LogP contribution in [0.15, 0.2) is 54.2 Å². The molecule has 3 nitrogen and oxygen atoms in total. The Labute approximate surface area is 149 Å². The standard InChI is InChI=1S/C17H14Cl2N2OS/c1-10-15(11-5-3-2-4-6-11)23-17(20-10)21-16(22)13-8-7-12(18)9-14(13)19/h2-9,17,20H,1H3,(H,21,22). The van der Waals surface area contributed by atoms with Crippen molar-refractivity contribution >= 4 is 45.8 Å². The molecule has 1 atom stereocenters. The van der Waals surface area contributed by atoms with Gasteiger partial charge in [-0.1, -0.05) is 65.3 Å². The largest absolute Gasteiger partial charge is 0.359 e. The van der Waals surface area contributed by atoms with E-state index in [1.807, 2.05) is 37.3 Å². The maximum absolute atomic E-state index is 12.4. The number of thioether (sulfide) groups is 1. The second kappa shape index (κ2) is 6.87. The van der Waals surface area contributed by atoms with Crippen molar-refractivity contribution in [2.75, 3.05) is 0 Å². The fourth-order valence-electron chi connectivity index (χ4n) is 2.31. The summed E-state index contributed by atoms with van der Waals surface area (Å²) in [6.45, 7) is 2.00. The van der Waals surface area contributed by atoms with Gasteiger partial charge in [-0.05, 0) is 30.7 Å². The van der Waals surface area contributed by atoms with Crippen molar-refractivity contribution in [2.45, 2.75) is 12.4 Å². The van der Waals surface area contributed by atoms with E-state index >= 15 is 0 Å². The van der Waals surface area contributed by atoms with Crippen molar-refractivity contribution in [3.05, 3.63) is 75.4 Å². The Bertz CT molecular complexity index is 777. The lowest BCUT2D eigenvalue weighted by Gasteiger charge is -2.14. The number of amides is 1. The molecule has 0 fully saturated rings. The number of benzene rings is 2. The van der Waals surface area contributed by atoms with Gasteiger partial charge in [0, 0.05) is 15.6 Å². The van der Waals surface area contributed by atoms with Crippen molar-refractivity contribution < 1.29 is 4.79 Å². The first kappa shape index (κ1) is 16.2. The summed E-state index contributed by atoms with van der Waals surface area (Å²) in [6.07, 6.45) is 0. The van der Waals surface area contributed by atoms with Gasteiger partial charge in [0.15, 0.2) is 5.50 Å². The maximum Gasteiger partial charge on any atom is 0.255 e. The summed E-state index contributed by atoms with van der Waals surface area (Å²) < 4.78 is 0. The Hall–Kier alpha value is -1.62. The highest BCUT2D eigenvalue weighted by Gasteiger charge is 2.25. The van der Waals surface area contributed by atoms with Gasteiger partial charge in [-0.25, -0.2) is 0 Å². The van der Waals surface area contributed by atoms with E-state index in [0.717, 1.165) is 16.2 Å². The summed E-state index contributed by atoms with van der Waals surface area (Å²) >= 11 is 13.5. The second-order valence-electron chi connectivity index (χ2n) is 5.06.